The number of halogens is 1. The fraction of sp³-hybridized carbons (Fsp3) is 0.0526. The molecule has 0 fully saturated rings. The molecule has 134 valence electrons. The number of hydrogen-bond acceptors (Lipinski definition) is 5. The SMILES string of the molecule is O=C1Cc2cnc(Nc3ccc(C(=O)O)cc3)nc2-c2cc(F)ccc2N1. The maximum atomic E-state index is 13.7. The summed E-state index contributed by atoms with van der Waals surface area (Å²) in [4.78, 5) is 31.6. The van der Waals surface area contributed by atoms with Gasteiger partial charge in [0.25, 0.3) is 0 Å². The molecule has 1 aliphatic rings. The highest BCUT2D eigenvalue weighted by Crippen LogP contribution is 2.33. The molecule has 3 N–H and O–H groups in total. The van der Waals surface area contributed by atoms with Crippen molar-refractivity contribution < 1.29 is 19.1 Å². The van der Waals surface area contributed by atoms with Gasteiger partial charge in [-0.3, -0.25) is 4.79 Å². The number of carboxylic acids is 1. The Kier molecular flexibility index (Phi) is 4.00. The van der Waals surface area contributed by atoms with Crippen molar-refractivity contribution in [3.8, 4) is 11.3 Å². The number of rotatable bonds is 3. The molecule has 27 heavy (non-hydrogen) atoms. The fourth-order valence-electron chi connectivity index (χ4n) is 2.84. The Balaban J connectivity index is 1.72. The third-order valence-electron chi connectivity index (χ3n) is 4.11. The second-order valence-corrected chi connectivity index (χ2v) is 5.99. The van der Waals surface area contributed by atoms with Crippen molar-refractivity contribution in [2.75, 3.05) is 10.6 Å². The molecule has 1 aromatic heterocycles. The van der Waals surface area contributed by atoms with E-state index in [4.69, 9.17) is 5.11 Å². The van der Waals surface area contributed by atoms with E-state index in [0.29, 0.717) is 28.2 Å². The molecule has 4 rings (SSSR count). The van der Waals surface area contributed by atoms with E-state index in [9.17, 15) is 14.0 Å². The lowest BCUT2D eigenvalue weighted by Crippen LogP contribution is -2.12. The van der Waals surface area contributed by atoms with Crippen molar-refractivity contribution in [1.82, 2.24) is 9.97 Å². The number of carbonyl (C=O) groups excluding carboxylic acids is 1. The summed E-state index contributed by atoms with van der Waals surface area (Å²) in [5.74, 6) is -1.43. The molecular formula is C19H13FN4O3. The average molecular weight is 364 g/mol. The molecule has 0 bridgehead atoms. The maximum absolute atomic E-state index is 13.7. The first-order valence-electron chi connectivity index (χ1n) is 8.06. The number of aromatic nitrogens is 2. The Labute approximate surface area is 152 Å². The molecule has 8 heteroatoms. The number of carboxylic acid groups (broad SMARTS) is 1. The van der Waals surface area contributed by atoms with Crippen LogP contribution in [0.15, 0.2) is 48.7 Å². The topological polar surface area (TPSA) is 104 Å². The summed E-state index contributed by atoms with van der Waals surface area (Å²) in [6.45, 7) is 0. The van der Waals surface area contributed by atoms with Gasteiger partial charge in [-0.2, -0.15) is 0 Å². The smallest absolute Gasteiger partial charge is 0.335 e. The van der Waals surface area contributed by atoms with Crippen LogP contribution in [-0.4, -0.2) is 27.0 Å². The lowest BCUT2D eigenvalue weighted by Gasteiger charge is -2.10. The second kappa shape index (κ2) is 6.49. The van der Waals surface area contributed by atoms with Gasteiger partial charge >= 0.3 is 5.97 Å². The molecular weight excluding hydrogens is 351 g/mol. The molecule has 0 saturated heterocycles. The van der Waals surface area contributed by atoms with E-state index in [1.807, 2.05) is 0 Å². The number of benzene rings is 2. The highest BCUT2D eigenvalue weighted by molar-refractivity contribution is 6.00. The quantitative estimate of drug-likeness (QED) is 0.659. The first-order valence-corrected chi connectivity index (χ1v) is 8.06. The molecule has 0 radical (unpaired) electrons. The van der Waals surface area contributed by atoms with E-state index in [0.717, 1.165) is 0 Å². The molecule has 1 amide bonds. The van der Waals surface area contributed by atoms with Gasteiger partial charge in [0.1, 0.15) is 5.82 Å². The van der Waals surface area contributed by atoms with Gasteiger partial charge in [-0.05, 0) is 42.5 Å². The van der Waals surface area contributed by atoms with Crippen molar-refractivity contribution in [3.05, 3.63) is 65.6 Å². The largest absolute Gasteiger partial charge is 0.478 e. The number of fused-ring (bicyclic) bond motifs is 3. The summed E-state index contributed by atoms with van der Waals surface area (Å²) < 4.78 is 13.7. The minimum atomic E-state index is -1.02. The van der Waals surface area contributed by atoms with Crippen LogP contribution < -0.4 is 10.6 Å². The molecule has 1 aliphatic heterocycles. The number of hydrogen-bond donors (Lipinski definition) is 3. The Bertz CT molecular complexity index is 1070. The average Bonchev–Trinajstić information content (AvgIpc) is 2.78. The summed E-state index contributed by atoms with van der Waals surface area (Å²) >= 11 is 0. The molecule has 7 nitrogen and oxygen atoms in total. The van der Waals surface area contributed by atoms with Gasteiger partial charge in [0, 0.05) is 23.0 Å². The van der Waals surface area contributed by atoms with Gasteiger partial charge in [0.2, 0.25) is 11.9 Å². The third kappa shape index (κ3) is 3.32. The Hall–Kier alpha value is -3.81. The fourth-order valence-corrected chi connectivity index (χ4v) is 2.84. The first kappa shape index (κ1) is 16.6. The number of anilines is 3. The lowest BCUT2D eigenvalue weighted by atomic mass is 10.1. The zero-order valence-electron chi connectivity index (χ0n) is 13.9. The van der Waals surface area contributed by atoms with Crippen molar-refractivity contribution in [2.24, 2.45) is 0 Å². The number of carbonyl (C=O) groups is 2. The van der Waals surface area contributed by atoms with E-state index in [1.54, 1.807) is 12.1 Å². The second-order valence-electron chi connectivity index (χ2n) is 5.99. The van der Waals surface area contributed by atoms with Crippen LogP contribution >= 0.6 is 0 Å². The summed E-state index contributed by atoms with van der Waals surface area (Å²) in [7, 11) is 0. The number of amides is 1. The number of aromatic carboxylic acids is 1. The van der Waals surface area contributed by atoms with Crippen molar-refractivity contribution in [1.29, 1.82) is 0 Å². The Morgan fingerprint density at radius 2 is 1.96 bits per heavy atom. The zero-order valence-corrected chi connectivity index (χ0v) is 13.9. The molecule has 0 aliphatic carbocycles. The molecule has 0 saturated carbocycles. The Morgan fingerprint density at radius 1 is 1.19 bits per heavy atom. The van der Waals surface area contributed by atoms with Gasteiger partial charge in [-0.15, -0.1) is 0 Å². The molecule has 3 aromatic rings. The Morgan fingerprint density at radius 3 is 2.70 bits per heavy atom. The van der Waals surface area contributed by atoms with Gasteiger partial charge < -0.3 is 15.7 Å². The zero-order chi connectivity index (χ0) is 19.0. The summed E-state index contributed by atoms with van der Waals surface area (Å²) in [5, 5.41) is 14.7. The van der Waals surface area contributed by atoms with Gasteiger partial charge in [0.05, 0.1) is 23.4 Å². The van der Waals surface area contributed by atoms with Crippen LogP contribution in [0.5, 0.6) is 0 Å². The maximum Gasteiger partial charge on any atom is 0.335 e. The molecule has 2 heterocycles. The number of nitrogens with zero attached hydrogens (tertiary/aromatic N) is 2. The highest BCUT2D eigenvalue weighted by Gasteiger charge is 2.21. The van der Waals surface area contributed by atoms with E-state index < -0.39 is 11.8 Å². The predicted molar refractivity (Wildman–Crippen MR) is 96.4 cm³/mol. The monoisotopic (exact) mass is 364 g/mol. The lowest BCUT2D eigenvalue weighted by molar-refractivity contribution is -0.115. The molecule has 0 spiro atoms. The third-order valence-corrected chi connectivity index (χ3v) is 4.11. The van der Waals surface area contributed by atoms with Crippen LogP contribution in [-0.2, 0) is 11.2 Å². The van der Waals surface area contributed by atoms with Crippen LogP contribution in [0.3, 0.4) is 0 Å². The van der Waals surface area contributed by atoms with Crippen molar-refractivity contribution in [2.45, 2.75) is 6.42 Å². The van der Waals surface area contributed by atoms with Crippen LogP contribution in [0.1, 0.15) is 15.9 Å². The van der Waals surface area contributed by atoms with Crippen LogP contribution in [0.4, 0.5) is 21.7 Å². The van der Waals surface area contributed by atoms with Crippen LogP contribution in [0.2, 0.25) is 0 Å². The molecule has 2 aromatic carbocycles. The highest BCUT2D eigenvalue weighted by atomic mass is 19.1. The number of nitrogens with one attached hydrogen (secondary N) is 2. The first-order chi connectivity index (χ1) is 13.0. The summed E-state index contributed by atoms with van der Waals surface area (Å²) in [6.07, 6.45) is 1.61. The van der Waals surface area contributed by atoms with Crippen LogP contribution in [0, 0.1) is 5.82 Å². The van der Waals surface area contributed by atoms with Crippen LogP contribution in [0.25, 0.3) is 11.3 Å². The minimum absolute atomic E-state index is 0.0826. The standard InChI is InChI=1S/C19H13FN4O3/c20-12-3-6-15-14(8-12)17-11(7-16(25)23-15)9-21-19(24-17)22-13-4-1-10(2-5-13)18(26)27/h1-6,8-9H,7H2,(H,23,25)(H,26,27)(H,21,22,24). The van der Waals surface area contributed by atoms with E-state index >= 15 is 0 Å². The summed E-state index contributed by atoms with van der Waals surface area (Å²) in [5.41, 5.74) is 2.77. The normalized spacial score (nSPS) is 12.4. The molecule has 0 atom stereocenters. The summed E-state index contributed by atoms with van der Waals surface area (Å²) in [6, 6.07) is 10.2. The van der Waals surface area contributed by atoms with Gasteiger partial charge in [0.15, 0.2) is 0 Å². The van der Waals surface area contributed by atoms with E-state index in [-0.39, 0.29) is 23.8 Å². The van der Waals surface area contributed by atoms with Crippen molar-refractivity contribution in [3.63, 3.8) is 0 Å². The van der Waals surface area contributed by atoms with Crippen molar-refractivity contribution >= 4 is 29.2 Å². The van der Waals surface area contributed by atoms with E-state index in [1.165, 1.54) is 36.5 Å². The van der Waals surface area contributed by atoms with E-state index in [2.05, 4.69) is 20.6 Å². The van der Waals surface area contributed by atoms with Gasteiger partial charge in [-0.25, -0.2) is 19.2 Å². The van der Waals surface area contributed by atoms with Gasteiger partial charge in [-0.1, -0.05) is 0 Å². The minimum Gasteiger partial charge on any atom is -0.478 e. The predicted octanol–water partition coefficient (Wildman–Crippen LogP) is 3.22. The molecule has 0 unspecified atom stereocenters.